The predicted molar refractivity (Wildman–Crippen MR) is 89.7 cm³/mol. The molecule has 0 bridgehead atoms. The molecule has 2 heterocycles. The van der Waals surface area contributed by atoms with Gasteiger partial charge in [0.15, 0.2) is 5.16 Å². The number of para-hydroxylation sites is 1. The SMILES string of the molecule is CSc1ncc2c(n1)N(C)C(=O)N(c1c(C)cccc1C)C2. The van der Waals surface area contributed by atoms with Gasteiger partial charge in [-0.2, -0.15) is 0 Å². The molecule has 1 aromatic heterocycles. The number of aromatic nitrogens is 2. The van der Waals surface area contributed by atoms with Crippen molar-refractivity contribution in [3.05, 3.63) is 41.1 Å². The molecule has 0 N–H and O–H groups in total. The Morgan fingerprint density at radius 2 is 1.91 bits per heavy atom. The van der Waals surface area contributed by atoms with Crippen LogP contribution in [0, 0.1) is 13.8 Å². The van der Waals surface area contributed by atoms with E-state index in [0.717, 1.165) is 22.4 Å². The largest absolute Gasteiger partial charge is 0.330 e. The maximum atomic E-state index is 12.8. The number of fused-ring (bicyclic) bond motifs is 1. The number of nitrogens with zero attached hydrogens (tertiary/aromatic N) is 4. The van der Waals surface area contributed by atoms with E-state index in [2.05, 4.69) is 9.97 Å². The van der Waals surface area contributed by atoms with E-state index in [1.165, 1.54) is 11.8 Å². The number of urea groups is 1. The molecular weight excluding hydrogens is 296 g/mol. The quantitative estimate of drug-likeness (QED) is 0.630. The van der Waals surface area contributed by atoms with Crippen LogP contribution in [0.3, 0.4) is 0 Å². The van der Waals surface area contributed by atoms with Crippen molar-refractivity contribution in [1.29, 1.82) is 0 Å². The number of hydrogen-bond donors (Lipinski definition) is 0. The number of benzene rings is 1. The first-order valence-electron chi connectivity index (χ1n) is 7.04. The normalized spacial score (nSPS) is 14.3. The molecule has 1 aliphatic heterocycles. The Kier molecular flexibility index (Phi) is 3.78. The van der Waals surface area contributed by atoms with Crippen LogP contribution in [-0.4, -0.2) is 29.3 Å². The van der Waals surface area contributed by atoms with E-state index >= 15 is 0 Å². The molecule has 0 aliphatic carbocycles. The highest BCUT2D eigenvalue weighted by atomic mass is 32.2. The maximum absolute atomic E-state index is 12.8. The van der Waals surface area contributed by atoms with Crippen molar-refractivity contribution < 1.29 is 4.79 Å². The van der Waals surface area contributed by atoms with Gasteiger partial charge >= 0.3 is 6.03 Å². The summed E-state index contributed by atoms with van der Waals surface area (Å²) >= 11 is 1.47. The van der Waals surface area contributed by atoms with Crippen molar-refractivity contribution in [3.8, 4) is 0 Å². The zero-order valence-corrected chi connectivity index (χ0v) is 13.9. The van der Waals surface area contributed by atoms with E-state index in [1.807, 2.05) is 44.5 Å². The van der Waals surface area contributed by atoms with Crippen LogP contribution in [0.1, 0.15) is 16.7 Å². The molecule has 0 saturated heterocycles. The molecule has 0 spiro atoms. The first kappa shape index (κ1) is 14.8. The van der Waals surface area contributed by atoms with Crippen LogP contribution in [0.2, 0.25) is 0 Å². The molecule has 5 nitrogen and oxygen atoms in total. The van der Waals surface area contributed by atoms with E-state index < -0.39 is 0 Å². The summed E-state index contributed by atoms with van der Waals surface area (Å²) in [6.07, 6.45) is 3.74. The Hall–Kier alpha value is -2.08. The van der Waals surface area contributed by atoms with Crippen molar-refractivity contribution in [3.63, 3.8) is 0 Å². The summed E-state index contributed by atoms with van der Waals surface area (Å²) in [4.78, 5) is 25.0. The van der Waals surface area contributed by atoms with Crippen molar-refractivity contribution in [2.24, 2.45) is 0 Å². The van der Waals surface area contributed by atoms with E-state index in [4.69, 9.17) is 0 Å². The second-order valence-electron chi connectivity index (χ2n) is 5.37. The molecule has 0 radical (unpaired) electrons. The first-order valence-corrected chi connectivity index (χ1v) is 8.26. The van der Waals surface area contributed by atoms with Crippen molar-refractivity contribution in [1.82, 2.24) is 9.97 Å². The topological polar surface area (TPSA) is 49.3 Å². The second kappa shape index (κ2) is 5.61. The fourth-order valence-electron chi connectivity index (χ4n) is 2.80. The Labute approximate surface area is 134 Å². The number of anilines is 2. The fraction of sp³-hybridized carbons (Fsp3) is 0.312. The molecule has 2 amide bonds. The molecule has 0 fully saturated rings. The highest BCUT2D eigenvalue weighted by molar-refractivity contribution is 7.98. The molecule has 3 rings (SSSR count). The van der Waals surface area contributed by atoms with Gasteiger partial charge in [0.2, 0.25) is 0 Å². The fourth-order valence-corrected chi connectivity index (χ4v) is 3.13. The number of rotatable bonds is 2. The molecule has 114 valence electrons. The van der Waals surface area contributed by atoms with Crippen LogP contribution < -0.4 is 9.80 Å². The Bertz CT molecular complexity index is 727. The number of amides is 2. The molecule has 2 aromatic rings. The minimum absolute atomic E-state index is 0.0596. The summed E-state index contributed by atoms with van der Waals surface area (Å²) in [7, 11) is 1.76. The number of carbonyl (C=O) groups is 1. The first-order chi connectivity index (χ1) is 10.5. The summed E-state index contributed by atoms with van der Waals surface area (Å²) in [5.74, 6) is 0.701. The lowest BCUT2D eigenvalue weighted by Gasteiger charge is -2.35. The van der Waals surface area contributed by atoms with Crippen LogP contribution in [0.5, 0.6) is 0 Å². The van der Waals surface area contributed by atoms with Gasteiger partial charge in [-0.15, -0.1) is 0 Å². The zero-order chi connectivity index (χ0) is 15.9. The Morgan fingerprint density at radius 1 is 1.23 bits per heavy atom. The maximum Gasteiger partial charge on any atom is 0.330 e. The summed E-state index contributed by atoms with van der Waals surface area (Å²) in [5.41, 5.74) is 4.11. The van der Waals surface area contributed by atoms with Gasteiger partial charge in [0.1, 0.15) is 5.82 Å². The van der Waals surface area contributed by atoms with Gasteiger partial charge in [-0.3, -0.25) is 9.80 Å². The predicted octanol–water partition coefficient (Wildman–Crippen LogP) is 3.39. The number of aryl methyl sites for hydroxylation is 2. The van der Waals surface area contributed by atoms with E-state index in [9.17, 15) is 4.79 Å². The Morgan fingerprint density at radius 3 is 2.55 bits per heavy atom. The molecular formula is C16H18N4OS. The van der Waals surface area contributed by atoms with Crippen molar-refractivity contribution in [2.45, 2.75) is 25.5 Å². The molecule has 0 unspecified atom stereocenters. The summed E-state index contributed by atoms with van der Waals surface area (Å²) in [6, 6.07) is 6.00. The lowest BCUT2D eigenvalue weighted by atomic mass is 10.1. The van der Waals surface area contributed by atoms with Crippen LogP contribution in [-0.2, 0) is 6.54 Å². The van der Waals surface area contributed by atoms with Gasteiger partial charge in [-0.05, 0) is 31.2 Å². The molecule has 22 heavy (non-hydrogen) atoms. The van der Waals surface area contributed by atoms with Gasteiger partial charge in [-0.25, -0.2) is 14.8 Å². The van der Waals surface area contributed by atoms with E-state index in [0.29, 0.717) is 17.5 Å². The van der Waals surface area contributed by atoms with Crippen LogP contribution in [0.4, 0.5) is 16.3 Å². The lowest BCUT2D eigenvalue weighted by Crippen LogP contribution is -2.46. The highest BCUT2D eigenvalue weighted by Crippen LogP contribution is 2.33. The smallest absolute Gasteiger partial charge is 0.289 e. The summed E-state index contributed by atoms with van der Waals surface area (Å²) in [5, 5.41) is 0.680. The average molecular weight is 314 g/mol. The summed E-state index contributed by atoms with van der Waals surface area (Å²) in [6.45, 7) is 4.55. The highest BCUT2D eigenvalue weighted by Gasteiger charge is 2.31. The van der Waals surface area contributed by atoms with E-state index in [1.54, 1.807) is 16.8 Å². The van der Waals surface area contributed by atoms with Crippen LogP contribution >= 0.6 is 11.8 Å². The third kappa shape index (κ3) is 2.33. The zero-order valence-electron chi connectivity index (χ0n) is 13.1. The van der Waals surface area contributed by atoms with Crippen molar-refractivity contribution in [2.75, 3.05) is 23.1 Å². The average Bonchev–Trinajstić information content (AvgIpc) is 2.51. The number of carbonyl (C=O) groups excluding carboxylic acids is 1. The molecule has 1 aliphatic rings. The molecule has 1 aromatic carbocycles. The third-order valence-corrected chi connectivity index (χ3v) is 4.44. The van der Waals surface area contributed by atoms with Gasteiger partial charge in [-0.1, -0.05) is 30.0 Å². The minimum Gasteiger partial charge on any atom is -0.289 e. The number of hydrogen-bond acceptors (Lipinski definition) is 4. The monoisotopic (exact) mass is 314 g/mol. The lowest BCUT2D eigenvalue weighted by molar-refractivity contribution is 0.251. The second-order valence-corrected chi connectivity index (χ2v) is 6.15. The van der Waals surface area contributed by atoms with Gasteiger partial charge in [0, 0.05) is 18.8 Å². The third-order valence-electron chi connectivity index (χ3n) is 3.88. The minimum atomic E-state index is -0.0596. The van der Waals surface area contributed by atoms with Gasteiger partial charge in [0.05, 0.1) is 12.2 Å². The Balaban J connectivity index is 2.08. The molecule has 0 saturated carbocycles. The molecule has 6 heteroatoms. The molecule has 0 atom stereocenters. The number of thioether (sulfide) groups is 1. The van der Waals surface area contributed by atoms with E-state index in [-0.39, 0.29) is 6.03 Å². The van der Waals surface area contributed by atoms with Crippen LogP contribution in [0.15, 0.2) is 29.6 Å². The van der Waals surface area contributed by atoms with Gasteiger partial charge < -0.3 is 0 Å². The van der Waals surface area contributed by atoms with Crippen molar-refractivity contribution >= 4 is 29.3 Å². The van der Waals surface area contributed by atoms with Crippen LogP contribution in [0.25, 0.3) is 0 Å². The standard InChI is InChI=1S/C16H18N4OS/c1-10-6-5-7-11(2)13(10)20-9-12-8-17-15(22-4)18-14(12)19(3)16(20)21/h5-8H,9H2,1-4H3. The van der Waals surface area contributed by atoms with Gasteiger partial charge in [0.25, 0.3) is 0 Å². The summed E-state index contributed by atoms with van der Waals surface area (Å²) < 4.78 is 0.